The van der Waals surface area contributed by atoms with Crippen molar-refractivity contribution in [2.24, 2.45) is 0 Å². The highest BCUT2D eigenvalue weighted by Gasteiger charge is 2.19. The lowest BCUT2D eigenvalue weighted by Gasteiger charge is -2.16. The molecule has 1 aromatic carbocycles. The molecule has 0 spiro atoms. The van der Waals surface area contributed by atoms with Crippen LogP contribution in [-0.4, -0.2) is 37.0 Å². The standard InChI is InChI=1S/C15H18O5/c1-2-19-14-9-11(4-6-15(16)17)3-5-13(14)20-12-7-8-18-10-12/h3-6,9,12H,2,7-8,10H2,1H3,(H,16,17). The summed E-state index contributed by atoms with van der Waals surface area (Å²) in [6.45, 7) is 3.71. The van der Waals surface area contributed by atoms with Crippen LogP contribution >= 0.6 is 0 Å². The third kappa shape index (κ3) is 3.99. The summed E-state index contributed by atoms with van der Waals surface area (Å²) < 4.78 is 16.7. The van der Waals surface area contributed by atoms with E-state index in [9.17, 15) is 4.79 Å². The number of carboxylic acids is 1. The molecule has 1 aliphatic heterocycles. The normalized spacial score (nSPS) is 18.4. The monoisotopic (exact) mass is 278 g/mol. The quantitative estimate of drug-likeness (QED) is 0.809. The summed E-state index contributed by atoms with van der Waals surface area (Å²) in [5.74, 6) is 0.299. The van der Waals surface area contributed by atoms with Crippen molar-refractivity contribution in [2.75, 3.05) is 19.8 Å². The first-order chi connectivity index (χ1) is 9.69. The fourth-order valence-corrected chi connectivity index (χ4v) is 1.95. The minimum atomic E-state index is -0.980. The van der Waals surface area contributed by atoms with Crippen LogP contribution < -0.4 is 9.47 Å². The number of carbonyl (C=O) groups is 1. The number of hydrogen-bond acceptors (Lipinski definition) is 4. The summed E-state index contributed by atoms with van der Waals surface area (Å²) in [5.41, 5.74) is 0.755. The van der Waals surface area contributed by atoms with Gasteiger partial charge in [0, 0.05) is 12.5 Å². The number of carboxylic acid groups (broad SMARTS) is 1. The molecule has 1 heterocycles. The fraction of sp³-hybridized carbons (Fsp3) is 0.400. The number of ether oxygens (including phenoxy) is 3. The van der Waals surface area contributed by atoms with Crippen molar-refractivity contribution in [1.29, 1.82) is 0 Å². The summed E-state index contributed by atoms with van der Waals surface area (Å²) in [6, 6.07) is 5.37. The van der Waals surface area contributed by atoms with Crippen LogP contribution in [0.2, 0.25) is 0 Å². The maximum absolute atomic E-state index is 10.5. The molecule has 20 heavy (non-hydrogen) atoms. The topological polar surface area (TPSA) is 65.0 Å². The summed E-state index contributed by atoms with van der Waals surface area (Å²) in [6.07, 6.45) is 3.53. The molecular weight excluding hydrogens is 260 g/mol. The van der Waals surface area contributed by atoms with Crippen LogP contribution in [-0.2, 0) is 9.53 Å². The Balaban J connectivity index is 2.15. The van der Waals surface area contributed by atoms with Gasteiger partial charge in [-0.3, -0.25) is 0 Å². The Morgan fingerprint density at radius 3 is 3.00 bits per heavy atom. The molecule has 1 unspecified atom stereocenters. The van der Waals surface area contributed by atoms with Crippen molar-refractivity contribution in [1.82, 2.24) is 0 Å². The predicted molar refractivity (Wildman–Crippen MR) is 74.1 cm³/mol. The lowest BCUT2D eigenvalue weighted by atomic mass is 10.2. The van der Waals surface area contributed by atoms with E-state index >= 15 is 0 Å². The second-order valence-corrected chi connectivity index (χ2v) is 4.41. The first-order valence-corrected chi connectivity index (χ1v) is 6.61. The zero-order valence-corrected chi connectivity index (χ0v) is 11.4. The Morgan fingerprint density at radius 2 is 2.35 bits per heavy atom. The molecule has 0 bridgehead atoms. The van der Waals surface area contributed by atoms with Gasteiger partial charge in [0.05, 0.1) is 19.8 Å². The van der Waals surface area contributed by atoms with Crippen LogP contribution in [0.3, 0.4) is 0 Å². The Morgan fingerprint density at radius 1 is 1.50 bits per heavy atom. The maximum Gasteiger partial charge on any atom is 0.328 e. The molecule has 1 fully saturated rings. The van der Waals surface area contributed by atoms with E-state index in [1.54, 1.807) is 18.2 Å². The van der Waals surface area contributed by atoms with E-state index in [2.05, 4.69) is 0 Å². The van der Waals surface area contributed by atoms with Gasteiger partial charge in [0.25, 0.3) is 0 Å². The third-order valence-electron chi connectivity index (χ3n) is 2.87. The first kappa shape index (κ1) is 14.4. The molecule has 1 N–H and O–H groups in total. The van der Waals surface area contributed by atoms with Crippen LogP contribution in [0.25, 0.3) is 6.08 Å². The smallest absolute Gasteiger partial charge is 0.328 e. The van der Waals surface area contributed by atoms with Gasteiger partial charge >= 0.3 is 5.97 Å². The summed E-state index contributed by atoms with van der Waals surface area (Å²) >= 11 is 0. The minimum Gasteiger partial charge on any atom is -0.490 e. The van der Waals surface area contributed by atoms with E-state index in [4.69, 9.17) is 19.3 Å². The second kappa shape index (κ2) is 6.96. The fourth-order valence-electron chi connectivity index (χ4n) is 1.95. The van der Waals surface area contributed by atoms with E-state index < -0.39 is 5.97 Å². The number of rotatable bonds is 6. The lowest BCUT2D eigenvalue weighted by molar-refractivity contribution is -0.131. The van der Waals surface area contributed by atoms with Gasteiger partial charge in [-0.25, -0.2) is 4.79 Å². The van der Waals surface area contributed by atoms with E-state index in [0.717, 1.165) is 18.1 Å². The zero-order valence-electron chi connectivity index (χ0n) is 11.4. The average molecular weight is 278 g/mol. The Bertz CT molecular complexity index is 489. The molecule has 108 valence electrons. The van der Waals surface area contributed by atoms with E-state index in [-0.39, 0.29) is 6.10 Å². The molecule has 1 atom stereocenters. The van der Waals surface area contributed by atoms with Gasteiger partial charge in [0.15, 0.2) is 11.5 Å². The van der Waals surface area contributed by atoms with Crippen molar-refractivity contribution in [3.63, 3.8) is 0 Å². The van der Waals surface area contributed by atoms with Gasteiger partial charge in [0.2, 0.25) is 0 Å². The molecule has 1 saturated heterocycles. The molecule has 5 nitrogen and oxygen atoms in total. The molecule has 1 aromatic rings. The predicted octanol–water partition coefficient (Wildman–Crippen LogP) is 2.35. The minimum absolute atomic E-state index is 0.0506. The summed E-state index contributed by atoms with van der Waals surface area (Å²) in [7, 11) is 0. The van der Waals surface area contributed by atoms with E-state index in [0.29, 0.717) is 31.3 Å². The highest BCUT2D eigenvalue weighted by atomic mass is 16.6. The zero-order chi connectivity index (χ0) is 14.4. The molecular formula is C15H18O5. The molecule has 5 heteroatoms. The Hall–Kier alpha value is -2.01. The van der Waals surface area contributed by atoms with E-state index in [1.807, 2.05) is 6.92 Å². The van der Waals surface area contributed by atoms with Crippen LogP contribution in [0.1, 0.15) is 18.9 Å². The van der Waals surface area contributed by atoms with Crippen molar-refractivity contribution in [3.05, 3.63) is 29.8 Å². The highest BCUT2D eigenvalue weighted by molar-refractivity contribution is 5.85. The number of benzene rings is 1. The molecule has 0 saturated carbocycles. The highest BCUT2D eigenvalue weighted by Crippen LogP contribution is 2.31. The molecule has 0 amide bonds. The van der Waals surface area contributed by atoms with Crippen molar-refractivity contribution < 1.29 is 24.1 Å². The summed E-state index contributed by atoms with van der Waals surface area (Å²) in [5, 5.41) is 8.64. The van der Waals surface area contributed by atoms with Gasteiger partial charge in [-0.1, -0.05) is 6.07 Å². The van der Waals surface area contributed by atoms with Gasteiger partial charge in [0.1, 0.15) is 6.10 Å². The second-order valence-electron chi connectivity index (χ2n) is 4.41. The van der Waals surface area contributed by atoms with Gasteiger partial charge < -0.3 is 19.3 Å². The Labute approximate surface area is 117 Å². The van der Waals surface area contributed by atoms with Crippen molar-refractivity contribution in [2.45, 2.75) is 19.4 Å². The Kier molecular flexibility index (Phi) is 5.01. The van der Waals surface area contributed by atoms with Crippen LogP contribution in [0, 0.1) is 0 Å². The largest absolute Gasteiger partial charge is 0.490 e. The molecule has 0 radical (unpaired) electrons. The summed E-state index contributed by atoms with van der Waals surface area (Å²) in [4.78, 5) is 10.5. The van der Waals surface area contributed by atoms with Gasteiger partial charge in [-0.2, -0.15) is 0 Å². The van der Waals surface area contributed by atoms with Crippen molar-refractivity contribution >= 4 is 12.0 Å². The molecule has 0 aromatic heterocycles. The third-order valence-corrected chi connectivity index (χ3v) is 2.87. The molecule has 2 rings (SSSR count). The van der Waals surface area contributed by atoms with Crippen LogP contribution in [0.4, 0.5) is 0 Å². The van der Waals surface area contributed by atoms with Gasteiger partial charge in [-0.15, -0.1) is 0 Å². The van der Waals surface area contributed by atoms with E-state index in [1.165, 1.54) is 6.08 Å². The van der Waals surface area contributed by atoms with Crippen LogP contribution in [0.15, 0.2) is 24.3 Å². The van der Waals surface area contributed by atoms with Crippen LogP contribution in [0.5, 0.6) is 11.5 Å². The van der Waals surface area contributed by atoms with Gasteiger partial charge in [-0.05, 0) is 30.7 Å². The SMILES string of the molecule is CCOc1cc(C=CC(=O)O)ccc1OC1CCOC1. The number of aliphatic carboxylic acids is 1. The average Bonchev–Trinajstić information content (AvgIpc) is 2.92. The maximum atomic E-state index is 10.5. The number of hydrogen-bond donors (Lipinski definition) is 1. The first-order valence-electron chi connectivity index (χ1n) is 6.61. The van der Waals surface area contributed by atoms with Crippen molar-refractivity contribution in [3.8, 4) is 11.5 Å². The molecule has 1 aliphatic rings. The molecule has 0 aliphatic carbocycles. The lowest BCUT2D eigenvalue weighted by Crippen LogP contribution is -2.16.